The summed E-state index contributed by atoms with van der Waals surface area (Å²) in [6.45, 7) is 3.96. The molecule has 2 fully saturated rings. The molecule has 8 heteroatoms. The molecular weight excluding hydrogens is 311 g/mol. The number of alkyl halides is 5. The van der Waals surface area contributed by atoms with Gasteiger partial charge >= 0.3 is 24.4 Å². The number of hydrogen-bond donors (Lipinski definition) is 0. The zero-order chi connectivity index (χ0) is 16.9. The number of carbonyl (C=O) groups is 1. The van der Waals surface area contributed by atoms with Crippen LogP contribution in [0.2, 0.25) is 0 Å². The smallest absolute Gasteiger partial charge is 0.418 e. The molecule has 0 heterocycles. The molecule has 0 spiro atoms. The van der Waals surface area contributed by atoms with E-state index in [0.29, 0.717) is 19.4 Å². The van der Waals surface area contributed by atoms with E-state index in [4.69, 9.17) is 0 Å². The van der Waals surface area contributed by atoms with Gasteiger partial charge in [-0.1, -0.05) is 13.8 Å². The Morgan fingerprint density at radius 2 is 1.73 bits per heavy atom. The van der Waals surface area contributed by atoms with E-state index in [9.17, 15) is 26.7 Å². The van der Waals surface area contributed by atoms with Crippen LogP contribution in [0, 0.1) is 29.6 Å². The van der Waals surface area contributed by atoms with Gasteiger partial charge in [0.1, 0.15) is 0 Å². The highest BCUT2D eigenvalue weighted by molar-refractivity contribution is 5.74. The highest BCUT2D eigenvalue weighted by Gasteiger charge is 2.67. The van der Waals surface area contributed by atoms with E-state index in [1.165, 1.54) is 0 Å². The molecule has 2 bridgehead atoms. The van der Waals surface area contributed by atoms with E-state index in [1.807, 2.05) is 13.8 Å². The molecule has 0 aromatic rings. The lowest BCUT2D eigenvalue weighted by atomic mass is 9.76. The minimum absolute atomic E-state index is 0.118. The first-order valence-electron chi connectivity index (χ1n) is 7.18. The number of halogens is 5. The maximum absolute atomic E-state index is 12.9. The van der Waals surface area contributed by atoms with Crippen molar-refractivity contribution in [2.45, 2.75) is 45.1 Å². The van der Waals surface area contributed by atoms with E-state index in [2.05, 4.69) is 9.47 Å². The second kappa shape index (κ2) is 5.62. The molecular formula is C14H19F5O3. The Bertz CT molecular complexity index is 437. The number of esters is 1. The Balaban J connectivity index is 2.17. The van der Waals surface area contributed by atoms with Crippen LogP contribution >= 0.6 is 0 Å². The van der Waals surface area contributed by atoms with E-state index in [1.54, 1.807) is 0 Å². The van der Waals surface area contributed by atoms with Gasteiger partial charge in [-0.2, -0.15) is 13.2 Å². The number of carbonyl (C=O) groups excluding carboxylic acids is 1. The first-order chi connectivity index (χ1) is 10.0. The summed E-state index contributed by atoms with van der Waals surface area (Å²) in [5.74, 6) is -5.57. The van der Waals surface area contributed by atoms with Gasteiger partial charge in [0.15, 0.2) is 0 Å². The van der Waals surface area contributed by atoms with Crippen molar-refractivity contribution in [3.05, 3.63) is 0 Å². The number of fused-ring (bicyclic) bond motifs is 2. The third-order valence-corrected chi connectivity index (χ3v) is 5.44. The summed E-state index contributed by atoms with van der Waals surface area (Å²) in [5, 5.41) is 0. The summed E-state index contributed by atoms with van der Waals surface area (Å²) in [5.41, 5.74) is 0. The predicted molar refractivity (Wildman–Crippen MR) is 65.9 cm³/mol. The van der Waals surface area contributed by atoms with E-state index in [0.717, 1.165) is 6.42 Å². The lowest BCUT2D eigenvalue weighted by molar-refractivity contribution is -0.395. The molecule has 2 rings (SSSR count). The van der Waals surface area contributed by atoms with Crippen molar-refractivity contribution in [1.82, 2.24) is 0 Å². The molecule has 0 saturated heterocycles. The molecule has 0 aliphatic heterocycles. The Labute approximate surface area is 125 Å². The summed E-state index contributed by atoms with van der Waals surface area (Å²) in [4.78, 5) is 12.1. The zero-order valence-corrected chi connectivity index (χ0v) is 12.5. The van der Waals surface area contributed by atoms with Gasteiger partial charge in [-0.3, -0.25) is 4.79 Å². The highest BCUT2D eigenvalue weighted by Crippen LogP contribution is 2.55. The summed E-state index contributed by atoms with van der Waals surface area (Å²) >= 11 is 0. The SMILES string of the molecule is COC(OC(=O)C1CC2CC1C(C)C2C)(C(F)F)C(F)(F)F. The molecule has 0 radical (unpaired) electrons. The summed E-state index contributed by atoms with van der Waals surface area (Å²) in [6.07, 6.45) is -8.42. The predicted octanol–water partition coefficient (Wildman–Crippen LogP) is 3.63. The largest absolute Gasteiger partial charge is 0.461 e. The second-order valence-electron chi connectivity index (χ2n) is 6.31. The van der Waals surface area contributed by atoms with Crippen molar-refractivity contribution in [1.29, 1.82) is 0 Å². The maximum Gasteiger partial charge on any atom is 0.461 e. The average molecular weight is 330 g/mol. The minimum atomic E-state index is -5.51. The van der Waals surface area contributed by atoms with Crippen LogP contribution in [0.4, 0.5) is 22.0 Å². The summed E-state index contributed by atoms with van der Waals surface area (Å²) < 4.78 is 72.7. The molecule has 6 unspecified atom stereocenters. The standard InChI is InChI=1S/C14H19F5O3/c1-6-7(2)9-4-8(6)5-10(9)11(20)22-13(21-3,12(15)16)14(17,18)19/h6-10,12H,4-5H2,1-3H3. The molecule has 2 saturated carbocycles. The highest BCUT2D eigenvalue weighted by atomic mass is 19.4. The van der Waals surface area contributed by atoms with Crippen LogP contribution < -0.4 is 0 Å². The lowest BCUT2D eigenvalue weighted by Crippen LogP contribution is -2.57. The number of rotatable bonds is 4. The third-order valence-electron chi connectivity index (χ3n) is 5.44. The molecule has 128 valence electrons. The van der Waals surface area contributed by atoms with E-state index in [-0.39, 0.29) is 17.8 Å². The molecule has 2 aliphatic rings. The fourth-order valence-electron chi connectivity index (χ4n) is 3.91. The number of hydrogen-bond acceptors (Lipinski definition) is 3. The topological polar surface area (TPSA) is 35.5 Å². The van der Waals surface area contributed by atoms with Crippen molar-refractivity contribution in [2.75, 3.05) is 7.11 Å². The molecule has 6 atom stereocenters. The van der Waals surface area contributed by atoms with E-state index >= 15 is 0 Å². The Morgan fingerprint density at radius 1 is 1.14 bits per heavy atom. The van der Waals surface area contributed by atoms with Crippen molar-refractivity contribution in [3.63, 3.8) is 0 Å². The monoisotopic (exact) mass is 330 g/mol. The lowest BCUT2D eigenvalue weighted by Gasteiger charge is -2.36. The van der Waals surface area contributed by atoms with Crippen LogP contribution in [-0.4, -0.2) is 31.5 Å². The second-order valence-corrected chi connectivity index (χ2v) is 6.31. The van der Waals surface area contributed by atoms with Crippen molar-refractivity contribution in [3.8, 4) is 0 Å². The fraction of sp³-hybridized carbons (Fsp3) is 0.929. The van der Waals surface area contributed by atoms with E-state index < -0.39 is 30.3 Å². The quantitative estimate of drug-likeness (QED) is 0.449. The molecule has 0 N–H and O–H groups in total. The van der Waals surface area contributed by atoms with Gasteiger partial charge in [0, 0.05) is 7.11 Å². The summed E-state index contributed by atoms with van der Waals surface area (Å²) in [7, 11) is 0.457. The van der Waals surface area contributed by atoms with Gasteiger partial charge in [0.05, 0.1) is 5.92 Å². The molecule has 22 heavy (non-hydrogen) atoms. The molecule has 0 amide bonds. The van der Waals surface area contributed by atoms with Crippen LogP contribution in [0.3, 0.4) is 0 Å². The Kier molecular flexibility index (Phi) is 4.45. The van der Waals surface area contributed by atoms with Gasteiger partial charge in [0.2, 0.25) is 0 Å². The van der Waals surface area contributed by atoms with Gasteiger partial charge in [0.25, 0.3) is 0 Å². The van der Waals surface area contributed by atoms with Crippen LogP contribution in [0.5, 0.6) is 0 Å². The molecule has 0 aromatic carbocycles. The van der Waals surface area contributed by atoms with Gasteiger partial charge in [-0.15, -0.1) is 0 Å². The maximum atomic E-state index is 12.9. The summed E-state index contributed by atoms with van der Waals surface area (Å²) in [6, 6.07) is 0. The normalized spacial score (nSPS) is 37.4. The first-order valence-corrected chi connectivity index (χ1v) is 7.18. The Hall–Kier alpha value is -0.920. The van der Waals surface area contributed by atoms with Crippen LogP contribution in [0.15, 0.2) is 0 Å². The van der Waals surface area contributed by atoms with Gasteiger partial charge < -0.3 is 9.47 Å². The van der Waals surface area contributed by atoms with Gasteiger partial charge in [-0.05, 0) is 36.5 Å². The van der Waals surface area contributed by atoms with Crippen molar-refractivity contribution < 1.29 is 36.2 Å². The fourth-order valence-corrected chi connectivity index (χ4v) is 3.91. The number of ether oxygens (including phenoxy) is 2. The molecule has 3 nitrogen and oxygen atoms in total. The average Bonchev–Trinajstić information content (AvgIpc) is 2.95. The van der Waals surface area contributed by atoms with Gasteiger partial charge in [-0.25, -0.2) is 8.78 Å². The number of methoxy groups -OCH3 is 1. The Morgan fingerprint density at radius 3 is 2.09 bits per heavy atom. The molecule has 0 aromatic heterocycles. The first kappa shape index (κ1) is 17.4. The minimum Gasteiger partial charge on any atom is -0.418 e. The zero-order valence-electron chi connectivity index (χ0n) is 12.5. The van der Waals surface area contributed by atoms with Crippen LogP contribution in [0.1, 0.15) is 26.7 Å². The molecule has 2 aliphatic carbocycles. The van der Waals surface area contributed by atoms with Crippen molar-refractivity contribution >= 4 is 5.97 Å². The van der Waals surface area contributed by atoms with Crippen molar-refractivity contribution in [2.24, 2.45) is 29.6 Å². The third kappa shape index (κ3) is 2.49. The van der Waals surface area contributed by atoms with Crippen LogP contribution in [-0.2, 0) is 14.3 Å². The van der Waals surface area contributed by atoms with Crippen LogP contribution in [0.25, 0.3) is 0 Å².